The molecule has 5 aromatic carbocycles. The molecule has 7 rings (SSSR count). The van der Waals surface area contributed by atoms with Crippen LogP contribution in [0.2, 0.25) is 36.3 Å². The molecular weight excluding hydrogens is 673 g/mol. The van der Waals surface area contributed by atoms with Crippen molar-refractivity contribution in [2.24, 2.45) is 0 Å². The number of thiophene rings is 2. The van der Waals surface area contributed by atoms with Gasteiger partial charge in [0.2, 0.25) is 0 Å². The van der Waals surface area contributed by atoms with E-state index in [9.17, 15) is 0 Å². The van der Waals surface area contributed by atoms with Gasteiger partial charge in [0.1, 0.15) is 0 Å². The summed E-state index contributed by atoms with van der Waals surface area (Å²) in [6.07, 6.45) is 0. The summed E-state index contributed by atoms with van der Waals surface area (Å²) in [5.74, 6) is 14.7. The minimum absolute atomic E-state index is 1.07. The second kappa shape index (κ2) is 14.4. The first-order valence-electron chi connectivity index (χ1n) is 18.4. The highest BCUT2D eigenvalue weighted by molar-refractivity contribution is 7.17. The van der Waals surface area contributed by atoms with Gasteiger partial charge < -0.3 is 0 Å². The molecule has 0 fully saturated rings. The number of hydrogen-bond donors (Lipinski definition) is 0. The molecule has 50 heavy (non-hydrogen) atoms. The van der Waals surface area contributed by atoms with Crippen LogP contribution in [-0.4, -0.2) is 16.1 Å². The van der Waals surface area contributed by atoms with Gasteiger partial charge in [-0.2, -0.15) is 0 Å². The molecule has 0 aliphatic heterocycles. The third-order valence-corrected chi connectivity index (χ3v) is 25.0. The molecule has 0 nitrogen and oxygen atoms in total. The molecule has 0 N–H and O–H groups in total. The van der Waals surface area contributed by atoms with Crippen molar-refractivity contribution in [3.8, 4) is 23.7 Å². The zero-order chi connectivity index (χ0) is 34.9. The molecule has 0 amide bonds. The fraction of sp³-hybridized carbons (Fsp3) is 0.261. The van der Waals surface area contributed by atoms with Gasteiger partial charge in [0.05, 0.1) is 16.1 Å². The lowest BCUT2D eigenvalue weighted by Gasteiger charge is -2.28. The molecule has 0 radical (unpaired) electrons. The van der Waals surface area contributed by atoms with E-state index in [0.717, 1.165) is 22.3 Å². The fourth-order valence-electron chi connectivity index (χ4n) is 8.21. The molecule has 7 aromatic rings. The predicted octanol–water partition coefficient (Wildman–Crippen LogP) is 12.7. The Kier molecular flexibility index (Phi) is 9.93. The van der Waals surface area contributed by atoms with Crippen molar-refractivity contribution in [3.63, 3.8) is 0 Å². The van der Waals surface area contributed by atoms with E-state index in [1.54, 1.807) is 33.0 Å². The van der Waals surface area contributed by atoms with E-state index in [1.165, 1.54) is 78.0 Å². The van der Waals surface area contributed by atoms with Crippen LogP contribution in [-0.2, 0) is 0 Å². The van der Waals surface area contributed by atoms with Gasteiger partial charge in [-0.05, 0) is 93.0 Å². The number of hydrogen-bond acceptors (Lipinski definition) is 2. The smallest absolute Gasteiger partial charge is 0.0859 e. The third-order valence-electron chi connectivity index (χ3n) is 12.0. The maximum Gasteiger partial charge on any atom is 0.0859 e. The summed E-state index contributed by atoms with van der Waals surface area (Å²) in [5.41, 5.74) is 4.33. The van der Waals surface area contributed by atoms with Gasteiger partial charge in [-0.25, -0.2) is 0 Å². The lowest BCUT2D eigenvalue weighted by molar-refractivity contribution is 1.19. The first-order chi connectivity index (χ1) is 24.4. The van der Waals surface area contributed by atoms with Gasteiger partial charge in [0.25, 0.3) is 0 Å². The minimum Gasteiger partial charge on any atom is -0.144 e. The summed E-state index contributed by atoms with van der Waals surface area (Å²) in [7, 11) is -2.86. The average molecular weight is 719 g/mol. The largest absolute Gasteiger partial charge is 0.144 e. The summed E-state index contributed by atoms with van der Waals surface area (Å²) in [6, 6.07) is 40.1. The Balaban J connectivity index is 1.42. The van der Waals surface area contributed by atoms with E-state index >= 15 is 0 Å². The second-order valence-corrected chi connectivity index (χ2v) is 26.2. The summed E-state index contributed by atoms with van der Waals surface area (Å²) in [4.78, 5) is 0. The van der Waals surface area contributed by atoms with E-state index in [0.29, 0.717) is 0 Å². The van der Waals surface area contributed by atoms with Crippen LogP contribution in [0.15, 0.2) is 95.7 Å². The molecule has 0 bridgehead atoms. The highest BCUT2D eigenvalue weighted by Gasteiger charge is 2.29. The summed E-state index contributed by atoms with van der Waals surface area (Å²) in [5, 5.41) is 14.8. The zero-order valence-electron chi connectivity index (χ0n) is 30.3. The van der Waals surface area contributed by atoms with E-state index in [-0.39, 0.29) is 0 Å². The van der Waals surface area contributed by atoms with E-state index in [1.807, 2.05) is 0 Å². The molecule has 0 atom stereocenters. The van der Waals surface area contributed by atoms with Crippen molar-refractivity contribution >= 4 is 90.9 Å². The Hall–Kier alpha value is -3.91. The van der Waals surface area contributed by atoms with Crippen molar-refractivity contribution in [2.45, 2.75) is 77.8 Å². The van der Waals surface area contributed by atoms with Crippen molar-refractivity contribution in [2.75, 3.05) is 0 Å². The molecule has 2 heterocycles. The van der Waals surface area contributed by atoms with Crippen LogP contribution in [0.5, 0.6) is 0 Å². The van der Waals surface area contributed by atoms with Crippen LogP contribution in [0.25, 0.3) is 41.7 Å². The molecule has 0 saturated carbocycles. The summed E-state index contributed by atoms with van der Waals surface area (Å²) >= 11 is 3.59. The number of fused-ring (bicyclic) bond motifs is 4. The second-order valence-electron chi connectivity index (χ2n) is 13.8. The monoisotopic (exact) mass is 718 g/mol. The lowest BCUT2D eigenvalue weighted by atomic mass is 9.90. The quantitative estimate of drug-likeness (QED) is 0.0834. The topological polar surface area (TPSA) is 0 Å². The molecule has 2 aromatic heterocycles. The van der Waals surface area contributed by atoms with Crippen LogP contribution in [0, 0.1) is 23.7 Å². The molecule has 0 aliphatic carbocycles. The Bertz CT molecular complexity index is 2170. The van der Waals surface area contributed by atoms with E-state index in [2.05, 4.69) is 161 Å². The minimum atomic E-state index is -1.43. The maximum absolute atomic E-state index is 3.72. The van der Waals surface area contributed by atoms with Crippen LogP contribution in [0.3, 0.4) is 0 Å². The van der Waals surface area contributed by atoms with Gasteiger partial charge >= 0.3 is 0 Å². The first-order valence-corrected chi connectivity index (χ1v) is 25.4. The van der Waals surface area contributed by atoms with Crippen LogP contribution in [0.1, 0.15) is 63.8 Å². The lowest BCUT2D eigenvalue weighted by Crippen LogP contribution is -2.45. The number of rotatable bonds is 8. The zero-order valence-corrected chi connectivity index (χ0v) is 33.9. The first kappa shape index (κ1) is 34.5. The van der Waals surface area contributed by atoms with Crippen LogP contribution in [0.4, 0.5) is 0 Å². The van der Waals surface area contributed by atoms with Crippen LogP contribution < -0.4 is 10.4 Å². The Morgan fingerprint density at radius 2 is 0.760 bits per heavy atom. The molecule has 0 saturated heterocycles. The number of benzene rings is 5. The van der Waals surface area contributed by atoms with Gasteiger partial charge in [-0.3, -0.25) is 0 Å². The predicted molar refractivity (Wildman–Crippen MR) is 231 cm³/mol. The molecular formula is C46H46S2Si2. The van der Waals surface area contributed by atoms with Crippen molar-refractivity contribution in [1.82, 2.24) is 0 Å². The van der Waals surface area contributed by atoms with E-state index < -0.39 is 16.1 Å². The summed E-state index contributed by atoms with van der Waals surface area (Å²) < 4.78 is 2.57. The highest BCUT2D eigenvalue weighted by Crippen LogP contribution is 2.39. The van der Waals surface area contributed by atoms with Crippen molar-refractivity contribution < 1.29 is 0 Å². The molecule has 0 unspecified atom stereocenters. The molecule has 0 aliphatic rings. The fourth-order valence-corrected chi connectivity index (χ4v) is 17.0. The Morgan fingerprint density at radius 3 is 1.10 bits per heavy atom. The normalized spacial score (nSPS) is 12.0. The van der Waals surface area contributed by atoms with Crippen molar-refractivity contribution in [3.05, 3.63) is 118 Å². The molecule has 4 heteroatoms. The van der Waals surface area contributed by atoms with Gasteiger partial charge in [0.15, 0.2) is 0 Å². The van der Waals surface area contributed by atoms with Gasteiger partial charge in [-0.1, -0.05) is 136 Å². The summed E-state index contributed by atoms with van der Waals surface area (Å²) in [6.45, 7) is 14.2. The third kappa shape index (κ3) is 6.08. The Labute approximate surface area is 308 Å². The molecule has 0 spiro atoms. The highest BCUT2D eigenvalue weighted by atomic mass is 32.1. The average Bonchev–Trinajstić information content (AvgIpc) is 3.83. The van der Waals surface area contributed by atoms with Gasteiger partial charge in [-0.15, -0.1) is 22.7 Å². The van der Waals surface area contributed by atoms with E-state index in [4.69, 9.17) is 0 Å². The van der Waals surface area contributed by atoms with Gasteiger partial charge in [0, 0.05) is 42.4 Å². The van der Waals surface area contributed by atoms with Crippen molar-refractivity contribution in [1.29, 1.82) is 0 Å². The van der Waals surface area contributed by atoms with Crippen LogP contribution >= 0.6 is 22.7 Å². The Morgan fingerprint density at radius 1 is 0.420 bits per heavy atom. The maximum atomic E-state index is 3.72. The molecule has 250 valence electrons. The standard InChI is InChI=1S/C46H46S2Si2/c1-7-49(8-2,9-3)37-19-13-33(14-20-37)17-23-39-41-29-35-25-27-48-46(35)32-44(41)40(42-30-36-26-28-47-45(36)31-43(39)42)24-18-34-15-21-38(22-16-34)50(10-4,11-5)12-6/h13-16,19-22,25-32H,7-12H2,1-6H3. The SMILES string of the molecule is CC[Si](CC)(CC)c1ccc(C#Cc2c3cc4ccsc4cc3c(C#Cc3ccc([Si](CC)(CC)CC)cc3)c3cc4ccsc4cc23)cc1.